The molecule has 1 fully saturated rings. The number of aromatic nitrogens is 2. The van der Waals surface area contributed by atoms with Crippen molar-refractivity contribution < 1.29 is 0 Å². The second kappa shape index (κ2) is 2.49. The monoisotopic (exact) mass is 207 g/mol. The molecule has 0 saturated heterocycles. The Morgan fingerprint density at radius 1 is 1.43 bits per heavy atom. The van der Waals surface area contributed by atoms with Crippen LogP contribution in [0.25, 0.3) is 5.52 Å². The summed E-state index contributed by atoms with van der Waals surface area (Å²) >= 11 is 5.89. The van der Waals surface area contributed by atoms with Gasteiger partial charge in [-0.3, -0.25) is 0 Å². The normalized spacial score (nSPS) is 18.7. The molecule has 2 aromatic heterocycles. The van der Waals surface area contributed by atoms with Gasteiger partial charge in [-0.25, -0.2) is 4.98 Å². The van der Waals surface area contributed by atoms with E-state index in [1.54, 1.807) is 6.33 Å². The van der Waals surface area contributed by atoms with Crippen LogP contribution in [0.1, 0.15) is 18.4 Å². The predicted molar refractivity (Wildman–Crippen MR) is 55.3 cm³/mol. The van der Waals surface area contributed by atoms with Gasteiger partial charge in [0.05, 0.1) is 5.52 Å². The minimum Gasteiger partial charge on any atom is -0.321 e. The number of rotatable bonds is 1. The molecule has 0 amide bonds. The molecule has 0 atom stereocenters. The molecule has 0 radical (unpaired) electrons. The van der Waals surface area contributed by atoms with Gasteiger partial charge >= 0.3 is 0 Å². The number of fused-ring (bicyclic) bond motifs is 1. The number of nitrogens with zero attached hydrogens (tertiary/aromatic N) is 2. The lowest BCUT2D eigenvalue weighted by atomic mass is 10.1. The fraction of sp³-hybridized carbons (Fsp3) is 0.300. The van der Waals surface area contributed by atoms with Gasteiger partial charge in [0.25, 0.3) is 0 Å². The number of halogens is 1. The van der Waals surface area contributed by atoms with Gasteiger partial charge < -0.3 is 10.1 Å². The van der Waals surface area contributed by atoms with E-state index in [2.05, 4.69) is 4.98 Å². The van der Waals surface area contributed by atoms with Crippen LogP contribution in [0.2, 0.25) is 5.15 Å². The largest absolute Gasteiger partial charge is 0.321 e. The molecule has 2 N–H and O–H groups in total. The first kappa shape index (κ1) is 8.26. The summed E-state index contributed by atoms with van der Waals surface area (Å²) in [6, 6.07) is 4.01. The summed E-state index contributed by atoms with van der Waals surface area (Å²) < 4.78 is 1.92. The minimum atomic E-state index is -0.0923. The Morgan fingerprint density at radius 2 is 2.21 bits per heavy atom. The van der Waals surface area contributed by atoms with Crippen LogP contribution in [0.4, 0.5) is 0 Å². The lowest BCUT2D eigenvalue weighted by Crippen LogP contribution is -2.18. The standard InChI is InChI=1S/C10H10ClN3/c11-9-8-2-1-7(10(12)3-4-10)5-14(8)6-13-9/h1-2,5-6H,3-4,12H2. The Morgan fingerprint density at radius 3 is 2.93 bits per heavy atom. The molecule has 0 unspecified atom stereocenters. The Bertz CT molecular complexity index is 499. The Hall–Kier alpha value is -1.06. The number of imidazole rings is 1. The predicted octanol–water partition coefficient (Wildman–Crippen LogP) is 1.94. The third-order valence-corrected chi connectivity index (χ3v) is 3.14. The molecule has 72 valence electrons. The smallest absolute Gasteiger partial charge is 0.154 e. The van der Waals surface area contributed by atoms with E-state index in [9.17, 15) is 0 Å². The van der Waals surface area contributed by atoms with Crippen molar-refractivity contribution in [3.8, 4) is 0 Å². The first-order chi connectivity index (χ1) is 6.69. The molecular weight excluding hydrogens is 198 g/mol. The fourth-order valence-electron chi connectivity index (χ4n) is 1.68. The summed E-state index contributed by atoms with van der Waals surface area (Å²) in [5, 5.41) is 0.540. The van der Waals surface area contributed by atoms with Crippen molar-refractivity contribution in [2.45, 2.75) is 18.4 Å². The Labute approximate surface area is 86.5 Å². The average Bonchev–Trinajstić information content (AvgIpc) is 2.84. The van der Waals surface area contributed by atoms with E-state index in [1.165, 1.54) is 5.56 Å². The summed E-state index contributed by atoms with van der Waals surface area (Å²) in [6.07, 6.45) is 5.87. The van der Waals surface area contributed by atoms with Crippen LogP contribution < -0.4 is 5.73 Å². The molecule has 2 heterocycles. The molecule has 0 aromatic carbocycles. The minimum absolute atomic E-state index is 0.0923. The zero-order chi connectivity index (χ0) is 9.76. The van der Waals surface area contributed by atoms with Crippen LogP contribution in [-0.4, -0.2) is 9.38 Å². The average molecular weight is 208 g/mol. The van der Waals surface area contributed by atoms with Crippen LogP contribution in [-0.2, 0) is 5.54 Å². The first-order valence-corrected chi connectivity index (χ1v) is 4.98. The van der Waals surface area contributed by atoms with Crippen molar-refractivity contribution in [2.75, 3.05) is 0 Å². The van der Waals surface area contributed by atoms with Gasteiger partial charge in [-0.05, 0) is 24.5 Å². The van der Waals surface area contributed by atoms with Crippen molar-refractivity contribution in [1.29, 1.82) is 0 Å². The van der Waals surface area contributed by atoms with Crippen molar-refractivity contribution in [3.05, 3.63) is 35.4 Å². The van der Waals surface area contributed by atoms with E-state index >= 15 is 0 Å². The molecule has 2 aromatic rings. The van der Waals surface area contributed by atoms with Crippen LogP contribution in [0.5, 0.6) is 0 Å². The Kier molecular flexibility index (Phi) is 1.47. The summed E-state index contributed by atoms with van der Waals surface area (Å²) in [5.41, 5.74) is 8.10. The lowest BCUT2D eigenvalue weighted by Gasteiger charge is -2.08. The van der Waals surface area contributed by atoms with Crippen molar-refractivity contribution >= 4 is 17.1 Å². The van der Waals surface area contributed by atoms with E-state index in [0.717, 1.165) is 18.4 Å². The van der Waals surface area contributed by atoms with Crippen molar-refractivity contribution in [2.24, 2.45) is 5.73 Å². The summed E-state index contributed by atoms with van der Waals surface area (Å²) in [7, 11) is 0. The van der Waals surface area contributed by atoms with Crippen LogP contribution in [0.3, 0.4) is 0 Å². The topological polar surface area (TPSA) is 43.3 Å². The first-order valence-electron chi connectivity index (χ1n) is 4.61. The van der Waals surface area contributed by atoms with Gasteiger partial charge in [-0.15, -0.1) is 0 Å². The van der Waals surface area contributed by atoms with E-state index < -0.39 is 0 Å². The highest BCUT2D eigenvalue weighted by atomic mass is 35.5. The van der Waals surface area contributed by atoms with Gasteiger partial charge in [-0.1, -0.05) is 17.7 Å². The highest BCUT2D eigenvalue weighted by molar-refractivity contribution is 6.32. The van der Waals surface area contributed by atoms with Gasteiger partial charge in [0.2, 0.25) is 0 Å². The van der Waals surface area contributed by atoms with E-state index in [-0.39, 0.29) is 5.54 Å². The molecule has 0 spiro atoms. The molecule has 4 heteroatoms. The molecule has 1 aliphatic rings. The van der Waals surface area contributed by atoms with E-state index in [0.29, 0.717) is 5.15 Å². The van der Waals surface area contributed by atoms with Crippen LogP contribution in [0.15, 0.2) is 24.7 Å². The van der Waals surface area contributed by atoms with Crippen LogP contribution in [0, 0.1) is 0 Å². The third kappa shape index (κ3) is 1.06. The number of hydrogen-bond donors (Lipinski definition) is 1. The van der Waals surface area contributed by atoms with E-state index in [4.69, 9.17) is 17.3 Å². The maximum atomic E-state index is 6.10. The third-order valence-electron chi connectivity index (χ3n) is 2.85. The van der Waals surface area contributed by atoms with Crippen molar-refractivity contribution in [1.82, 2.24) is 9.38 Å². The number of pyridine rings is 1. The van der Waals surface area contributed by atoms with Crippen LogP contribution >= 0.6 is 11.6 Å². The number of nitrogens with two attached hydrogens (primary N) is 1. The fourth-order valence-corrected chi connectivity index (χ4v) is 1.89. The molecule has 3 nitrogen and oxygen atoms in total. The van der Waals surface area contributed by atoms with Gasteiger partial charge in [0, 0.05) is 11.7 Å². The maximum Gasteiger partial charge on any atom is 0.154 e. The molecular formula is C10H10ClN3. The molecule has 0 bridgehead atoms. The highest BCUT2D eigenvalue weighted by Crippen LogP contribution is 2.42. The summed E-state index contributed by atoms with van der Waals surface area (Å²) in [6.45, 7) is 0. The number of hydrogen-bond acceptors (Lipinski definition) is 2. The molecule has 1 saturated carbocycles. The molecule has 3 rings (SSSR count). The van der Waals surface area contributed by atoms with E-state index in [1.807, 2.05) is 22.7 Å². The molecule has 14 heavy (non-hydrogen) atoms. The quantitative estimate of drug-likeness (QED) is 0.777. The zero-order valence-corrected chi connectivity index (χ0v) is 8.33. The van der Waals surface area contributed by atoms with Crippen molar-refractivity contribution in [3.63, 3.8) is 0 Å². The van der Waals surface area contributed by atoms with Gasteiger partial charge in [0.1, 0.15) is 6.33 Å². The molecule has 0 aliphatic heterocycles. The summed E-state index contributed by atoms with van der Waals surface area (Å²) in [4.78, 5) is 4.03. The van der Waals surface area contributed by atoms with Gasteiger partial charge in [-0.2, -0.15) is 0 Å². The maximum absolute atomic E-state index is 6.10. The molecule has 1 aliphatic carbocycles. The second-order valence-corrected chi connectivity index (χ2v) is 4.26. The second-order valence-electron chi connectivity index (χ2n) is 3.90. The SMILES string of the molecule is NC1(c2ccc3c(Cl)ncn3c2)CC1. The zero-order valence-electron chi connectivity index (χ0n) is 7.57. The Balaban J connectivity index is 2.21. The van der Waals surface area contributed by atoms with Gasteiger partial charge in [0.15, 0.2) is 5.15 Å². The summed E-state index contributed by atoms with van der Waals surface area (Å²) in [5.74, 6) is 0. The lowest BCUT2D eigenvalue weighted by molar-refractivity contribution is 0.733. The highest BCUT2D eigenvalue weighted by Gasteiger charge is 2.40.